The van der Waals surface area contributed by atoms with E-state index in [2.05, 4.69) is 15.6 Å². The Balaban J connectivity index is 1.61. The third-order valence-electron chi connectivity index (χ3n) is 4.23. The number of aromatic nitrogens is 1. The van der Waals surface area contributed by atoms with E-state index in [9.17, 15) is 14.4 Å². The molecule has 9 heteroatoms. The summed E-state index contributed by atoms with van der Waals surface area (Å²) < 4.78 is 0. The smallest absolute Gasteiger partial charge is 0.328 e. The van der Waals surface area contributed by atoms with Crippen LogP contribution in [0.4, 0.5) is 10.8 Å². The number of thioether (sulfide) groups is 1. The van der Waals surface area contributed by atoms with Gasteiger partial charge < -0.3 is 15.7 Å². The molecule has 3 rings (SSSR count). The SMILES string of the molecule is Cc1sc(NC(=O)C(C)Sc2cccc(NC(=O)/C=C/C(=O)O)c2)nc1-c1ccccc1. The summed E-state index contributed by atoms with van der Waals surface area (Å²) in [6.45, 7) is 3.76. The molecule has 0 aliphatic rings. The van der Waals surface area contributed by atoms with E-state index in [-0.39, 0.29) is 5.91 Å². The van der Waals surface area contributed by atoms with Gasteiger partial charge in [-0.05, 0) is 32.0 Å². The molecule has 1 aromatic heterocycles. The van der Waals surface area contributed by atoms with Crippen molar-refractivity contribution < 1.29 is 19.5 Å². The first kappa shape index (κ1) is 23.2. The highest BCUT2D eigenvalue weighted by Crippen LogP contribution is 2.31. The number of nitrogens with zero attached hydrogens (tertiary/aromatic N) is 1. The molecular formula is C23H21N3O4S2. The first-order valence-corrected chi connectivity index (χ1v) is 11.3. The van der Waals surface area contributed by atoms with Gasteiger partial charge in [0.1, 0.15) is 0 Å². The first-order chi connectivity index (χ1) is 15.3. The van der Waals surface area contributed by atoms with Crippen molar-refractivity contribution in [3.05, 3.63) is 71.6 Å². The van der Waals surface area contributed by atoms with Gasteiger partial charge in [-0.2, -0.15) is 0 Å². The number of carbonyl (C=O) groups is 3. The van der Waals surface area contributed by atoms with Crippen LogP contribution in [0, 0.1) is 6.92 Å². The summed E-state index contributed by atoms with van der Waals surface area (Å²) in [6.07, 6.45) is 1.71. The van der Waals surface area contributed by atoms with Crippen LogP contribution >= 0.6 is 23.1 Å². The zero-order chi connectivity index (χ0) is 23.1. The second-order valence-corrected chi connectivity index (χ2v) is 9.35. The zero-order valence-corrected chi connectivity index (χ0v) is 19.0. The third kappa shape index (κ3) is 6.53. The van der Waals surface area contributed by atoms with Gasteiger partial charge in [0.25, 0.3) is 0 Å². The van der Waals surface area contributed by atoms with E-state index in [4.69, 9.17) is 5.11 Å². The average molecular weight is 468 g/mol. The number of nitrogens with one attached hydrogen (secondary N) is 2. The molecule has 7 nitrogen and oxygen atoms in total. The van der Waals surface area contributed by atoms with E-state index in [0.29, 0.717) is 10.8 Å². The molecule has 2 amide bonds. The second kappa shape index (κ2) is 10.7. The molecule has 0 fully saturated rings. The lowest BCUT2D eigenvalue weighted by Crippen LogP contribution is -2.22. The molecule has 1 atom stereocenters. The first-order valence-electron chi connectivity index (χ1n) is 9.64. The molecule has 0 radical (unpaired) electrons. The summed E-state index contributed by atoms with van der Waals surface area (Å²) in [5.41, 5.74) is 2.36. The van der Waals surface area contributed by atoms with E-state index in [1.165, 1.54) is 23.1 Å². The highest BCUT2D eigenvalue weighted by molar-refractivity contribution is 8.00. The van der Waals surface area contributed by atoms with Crippen LogP contribution in [0.1, 0.15) is 11.8 Å². The van der Waals surface area contributed by atoms with Gasteiger partial charge in [0.05, 0.1) is 10.9 Å². The molecule has 1 heterocycles. The Labute approximate surface area is 193 Å². The molecule has 0 saturated heterocycles. The van der Waals surface area contributed by atoms with E-state index in [1.807, 2.05) is 43.3 Å². The normalized spacial score (nSPS) is 11.8. The van der Waals surface area contributed by atoms with Crippen molar-refractivity contribution in [2.45, 2.75) is 24.0 Å². The predicted molar refractivity (Wildman–Crippen MR) is 128 cm³/mol. The van der Waals surface area contributed by atoms with Crippen molar-refractivity contribution >= 4 is 51.7 Å². The molecule has 32 heavy (non-hydrogen) atoms. The number of amides is 2. The topological polar surface area (TPSA) is 108 Å². The maximum absolute atomic E-state index is 12.7. The van der Waals surface area contributed by atoms with Crippen LogP contribution in [0.15, 0.2) is 71.6 Å². The fourth-order valence-electron chi connectivity index (χ4n) is 2.76. The van der Waals surface area contributed by atoms with Crippen molar-refractivity contribution in [3.8, 4) is 11.3 Å². The summed E-state index contributed by atoms with van der Waals surface area (Å²) in [6, 6.07) is 16.8. The monoisotopic (exact) mass is 467 g/mol. The number of carboxylic acids is 1. The number of hydrogen-bond donors (Lipinski definition) is 3. The lowest BCUT2D eigenvalue weighted by Gasteiger charge is -2.11. The average Bonchev–Trinajstić information content (AvgIpc) is 3.13. The third-order valence-corrected chi connectivity index (χ3v) is 6.21. The summed E-state index contributed by atoms with van der Waals surface area (Å²) in [5, 5.41) is 14.2. The molecule has 0 aliphatic heterocycles. The molecule has 1 unspecified atom stereocenters. The Morgan fingerprint density at radius 2 is 1.81 bits per heavy atom. The molecule has 0 saturated carbocycles. The maximum atomic E-state index is 12.7. The van der Waals surface area contributed by atoms with E-state index in [1.54, 1.807) is 25.1 Å². The van der Waals surface area contributed by atoms with Crippen LogP contribution in [0.25, 0.3) is 11.3 Å². The zero-order valence-electron chi connectivity index (χ0n) is 17.4. The second-order valence-electron chi connectivity index (χ2n) is 6.73. The Morgan fingerprint density at radius 1 is 1.06 bits per heavy atom. The minimum atomic E-state index is -1.20. The van der Waals surface area contributed by atoms with Gasteiger partial charge in [-0.1, -0.05) is 36.4 Å². The van der Waals surface area contributed by atoms with Crippen molar-refractivity contribution in [2.24, 2.45) is 0 Å². The van der Waals surface area contributed by atoms with Crippen molar-refractivity contribution in [1.82, 2.24) is 4.98 Å². The Bertz CT molecular complexity index is 1160. The molecule has 3 N–H and O–H groups in total. The molecule has 3 aromatic rings. The molecule has 0 bridgehead atoms. The van der Waals surface area contributed by atoms with Gasteiger partial charge in [0.15, 0.2) is 5.13 Å². The number of hydrogen-bond acceptors (Lipinski definition) is 6. The summed E-state index contributed by atoms with van der Waals surface area (Å²) >= 11 is 2.77. The number of anilines is 2. The number of carboxylic acid groups (broad SMARTS) is 1. The number of aryl methyl sites for hydroxylation is 1. The quantitative estimate of drug-likeness (QED) is 0.324. The Morgan fingerprint density at radius 3 is 2.53 bits per heavy atom. The van der Waals surface area contributed by atoms with Crippen LogP contribution in [0.5, 0.6) is 0 Å². The van der Waals surface area contributed by atoms with Crippen LogP contribution in [0.3, 0.4) is 0 Å². The fraction of sp³-hybridized carbons (Fsp3) is 0.130. The van der Waals surface area contributed by atoms with Crippen molar-refractivity contribution in [1.29, 1.82) is 0 Å². The summed E-state index contributed by atoms with van der Waals surface area (Å²) in [4.78, 5) is 41.3. The minimum Gasteiger partial charge on any atom is -0.478 e. The van der Waals surface area contributed by atoms with Gasteiger partial charge in [-0.15, -0.1) is 23.1 Å². The molecular weight excluding hydrogens is 446 g/mol. The number of thiazole rings is 1. The highest BCUT2D eigenvalue weighted by Gasteiger charge is 2.18. The van der Waals surface area contributed by atoms with Gasteiger partial charge >= 0.3 is 5.97 Å². The van der Waals surface area contributed by atoms with E-state index >= 15 is 0 Å². The van der Waals surface area contributed by atoms with Gasteiger partial charge in [0.2, 0.25) is 11.8 Å². The van der Waals surface area contributed by atoms with Crippen molar-refractivity contribution in [3.63, 3.8) is 0 Å². The van der Waals surface area contributed by atoms with E-state index < -0.39 is 17.1 Å². The van der Waals surface area contributed by atoms with Crippen LogP contribution in [0.2, 0.25) is 0 Å². The van der Waals surface area contributed by atoms with Crippen LogP contribution in [-0.4, -0.2) is 33.1 Å². The lowest BCUT2D eigenvalue weighted by molar-refractivity contribution is -0.131. The van der Waals surface area contributed by atoms with Gasteiger partial charge in [-0.25, -0.2) is 9.78 Å². The largest absolute Gasteiger partial charge is 0.478 e. The predicted octanol–water partition coefficient (Wildman–Crippen LogP) is 4.82. The van der Waals surface area contributed by atoms with Gasteiger partial charge in [0, 0.05) is 33.2 Å². The van der Waals surface area contributed by atoms with Crippen LogP contribution in [-0.2, 0) is 14.4 Å². The summed E-state index contributed by atoms with van der Waals surface area (Å²) in [7, 11) is 0. The molecule has 164 valence electrons. The fourth-order valence-corrected chi connectivity index (χ4v) is 4.52. The number of carbonyl (C=O) groups excluding carboxylic acids is 2. The van der Waals surface area contributed by atoms with Crippen LogP contribution < -0.4 is 10.6 Å². The molecule has 2 aromatic carbocycles. The number of rotatable bonds is 8. The van der Waals surface area contributed by atoms with Crippen molar-refractivity contribution in [2.75, 3.05) is 10.6 Å². The lowest BCUT2D eigenvalue weighted by atomic mass is 10.1. The molecule has 0 spiro atoms. The van der Waals surface area contributed by atoms with E-state index in [0.717, 1.165) is 33.2 Å². The standard InChI is InChI=1S/C23H21N3O4S2/c1-14-21(16-7-4-3-5-8-16)25-23(32-14)26-22(30)15(2)31-18-10-6-9-17(13-18)24-19(27)11-12-20(28)29/h3-13,15H,1-2H3,(H,24,27)(H,28,29)(H,25,26,30)/b12-11+. The highest BCUT2D eigenvalue weighted by atomic mass is 32.2. The maximum Gasteiger partial charge on any atom is 0.328 e. The van der Waals surface area contributed by atoms with Gasteiger partial charge in [-0.3, -0.25) is 9.59 Å². The summed E-state index contributed by atoms with van der Waals surface area (Å²) in [5.74, 6) is -1.92. The minimum absolute atomic E-state index is 0.179. The molecule has 0 aliphatic carbocycles. The number of aliphatic carboxylic acids is 1. The number of benzene rings is 2. The Hall–Kier alpha value is -3.43. The Kier molecular flexibility index (Phi) is 7.80.